The second kappa shape index (κ2) is 9.53. The van der Waals surface area contributed by atoms with Crippen LogP contribution in [0.4, 0.5) is 0 Å². The maximum Gasteiger partial charge on any atom is 0.222 e. The van der Waals surface area contributed by atoms with E-state index in [0.717, 1.165) is 44.5 Å². The Morgan fingerprint density at radius 3 is 2.55 bits per heavy atom. The molecule has 1 aromatic carbocycles. The van der Waals surface area contributed by atoms with Crippen molar-refractivity contribution in [2.24, 2.45) is 0 Å². The number of aromatic nitrogens is 1. The van der Waals surface area contributed by atoms with E-state index in [2.05, 4.69) is 51.2 Å². The Hall–Kier alpha value is -2.20. The zero-order valence-corrected chi connectivity index (χ0v) is 17.4. The van der Waals surface area contributed by atoms with Gasteiger partial charge in [-0.25, -0.2) is 0 Å². The zero-order valence-electron chi connectivity index (χ0n) is 17.4. The number of carbonyl (C=O) groups is 1. The van der Waals surface area contributed by atoms with Gasteiger partial charge in [0.2, 0.25) is 5.91 Å². The van der Waals surface area contributed by atoms with Gasteiger partial charge in [0.25, 0.3) is 0 Å². The predicted molar refractivity (Wildman–Crippen MR) is 117 cm³/mol. The van der Waals surface area contributed by atoms with Gasteiger partial charge in [0, 0.05) is 37.4 Å². The smallest absolute Gasteiger partial charge is 0.222 e. The molecule has 2 aliphatic rings. The molecule has 0 saturated carbocycles. The van der Waals surface area contributed by atoms with Gasteiger partial charge in [-0.05, 0) is 75.2 Å². The van der Waals surface area contributed by atoms with Crippen molar-refractivity contribution in [2.75, 3.05) is 26.2 Å². The van der Waals surface area contributed by atoms with Crippen LogP contribution in [0.2, 0.25) is 0 Å². The molecule has 1 spiro atoms. The Morgan fingerprint density at radius 1 is 0.966 bits per heavy atom. The third kappa shape index (κ3) is 5.05. The van der Waals surface area contributed by atoms with Crippen molar-refractivity contribution >= 4 is 5.91 Å². The molecule has 1 aromatic heterocycles. The van der Waals surface area contributed by atoms with Crippen LogP contribution in [0.1, 0.15) is 49.7 Å². The summed E-state index contributed by atoms with van der Waals surface area (Å²) in [5.41, 5.74) is 2.80. The summed E-state index contributed by atoms with van der Waals surface area (Å²) in [4.78, 5) is 21.9. The topological polar surface area (TPSA) is 36.4 Å². The van der Waals surface area contributed by atoms with E-state index in [1.807, 2.05) is 12.3 Å². The molecule has 154 valence electrons. The summed E-state index contributed by atoms with van der Waals surface area (Å²) in [6, 6.07) is 14.8. The van der Waals surface area contributed by atoms with Crippen LogP contribution in [0, 0.1) is 0 Å². The summed E-state index contributed by atoms with van der Waals surface area (Å²) >= 11 is 0. The van der Waals surface area contributed by atoms with Gasteiger partial charge < -0.3 is 4.90 Å². The molecule has 1 atom stereocenters. The highest BCUT2D eigenvalue weighted by atomic mass is 16.2. The van der Waals surface area contributed by atoms with E-state index in [-0.39, 0.29) is 5.54 Å². The predicted octanol–water partition coefficient (Wildman–Crippen LogP) is 4.10. The molecule has 1 amide bonds. The number of rotatable bonds is 7. The molecular formula is C25H33N3O. The van der Waals surface area contributed by atoms with Gasteiger partial charge in [0.1, 0.15) is 0 Å². The van der Waals surface area contributed by atoms with Crippen LogP contribution in [-0.2, 0) is 17.6 Å². The second-order valence-electron chi connectivity index (χ2n) is 8.68. The first-order chi connectivity index (χ1) is 14.3. The number of pyridine rings is 1. The molecule has 0 aliphatic carbocycles. The minimum atomic E-state index is 0.221. The molecule has 2 aliphatic heterocycles. The van der Waals surface area contributed by atoms with E-state index in [1.165, 1.54) is 37.8 Å². The zero-order chi connectivity index (χ0) is 19.9. The monoisotopic (exact) mass is 391 g/mol. The number of piperidine rings is 1. The number of hydrogen-bond acceptors (Lipinski definition) is 3. The molecule has 2 saturated heterocycles. The van der Waals surface area contributed by atoms with Crippen molar-refractivity contribution < 1.29 is 4.79 Å². The van der Waals surface area contributed by atoms with Crippen molar-refractivity contribution in [1.29, 1.82) is 0 Å². The van der Waals surface area contributed by atoms with Gasteiger partial charge >= 0.3 is 0 Å². The molecule has 4 heteroatoms. The number of amides is 1. The fourth-order valence-corrected chi connectivity index (χ4v) is 5.20. The Bertz CT molecular complexity index is 779. The Labute approximate surface area is 174 Å². The van der Waals surface area contributed by atoms with E-state index in [9.17, 15) is 4.79 Å². The highest BCUT2D eigenvalue weighted by Crippen LogP contribution is 2.37. The van der Waals surface area contributed by atoms with E-state index >= 15 is 0 Å². The molecule has 4 rings (SSSR count). The fraction of sp³-hybridized carbons (Fsp3) is 0.520. The lowest BCUT2D eigenvalue weighted by atomic mass is 9.86. The summed E-state index contributed by atoms with van der Waals surface area (Å²) in [7, 11) is 0. The largest absolute Gasteiger partial charge is 0.341 e. The average Bonchev–Trinajstić information content (AvgIpc) is 3.15. The number of benzene rings is 1. The lowest BCUT2D eigenvalue weighted by molar-refractivity contribution is -0.135. The minimum absolute atomic E-state index is 0.221. The number of hydrogen-bond donors (Lipinski definition) is 0. The molecule has 0 unspecified atom stereocenters. The van der Waals surface area contributed by atoms with Gasteiger partial charge in [-0.1, -0.05) is 36.4 Å². The summed E-state index contributed by atoms with van der Waals surface area (Å²) in [5, 5.41) is 0. The Morgan fingerprint density at radius 2 is 1.76 bits per heavy atom. The van der Waals surface area contributed by atoms with E-state index < -0.39 is 0 Å². The van der Waals surface area contributed by atoms with Crippen molar-refractivity contribution in [2.45, 2.75) is 56.9 Å². The highest BCUT2D eigenvalue weighted by molar-refractivity contribution is 5.76. The van der Waals surface area contributed by atoms with Gasteiger partial charge in [0.05, 0.1) is 0 Å². The molecular weight excluding hydrogens is 358 g/mol. The first-order valence-corrected chi connectivity index (χ1v) is 11.2. The third-order valence-electron chi connectivity index (χ3n) is 6.74. The summed E-state index contributed by atoms with van der Waals surface area (Å²) in [6.07, 6.45) is 12.3. The summed E-state index contributed by atoms with van der Waals surface area (Å²) < 4.78 is 0. The van der Waals surface area contributed by atoms with Crippen LogP contribution in [-0.4, -0.2) is 52.4 Å². The van der Waals surface area contributed by atoms with Crippen LogP contribution in [0.15, 0.2) is 54.9 Å². The molecule has 4 nitrogen and oxygen atoms in total. The Balaban J connectivity index is 1.31. The lowest BCUT2D eigenvalue weighted by Gasteiger charge is -2.46. The van der Waals surface area contributed by atoms with Crippen LogP contribution >= 0.6 is 0 Å². The molecule has 2 aromatic rings. The van der Waals surface area contributed by atoms with Crippen molar-refractivity contribution in [3.8, 4) is 0 Å². The van der Waals surface area contributed by atoms with Crippen molar-refractivity contribution in [1.82, 2.24) is 14.8 Å². The first kappa shape index (κ1) is 20.1. The normalized spacial score (nSPS) is 22.3. The quantitative estimate of drug-likeness (QED) is 0.713. The minimum Gasteiger partial charge on any atom is -0.341 e. The molecule has 3 heterocycles. The van der Waals surface area contributed by atoms with Crippen LogP contribution in [0.5, 0.6) is 0 Å². The molecule has 29 heavy (non-hydrogen) atoms. The van der Waals surface area contributed by atoms with Gasteiger partial charge in [-0.2, -0.15) is 0 Å². The van der Waals surface area contributed by atoms with E-state index in [0.29, 0.717) is 12.3 Å². The van der Waals surface area contributed by atoms with Crippen LogP contribution in [0.3, 0.4) is 0 Å². The number of aryl methyl sites for hydroxylation is 2. The standard InChI is InChI=1S/C25H33N3O/c29-24(13-12-23-10-4-16-26-20-23)27-17-6-14-25(21-27)15-7-19-28(25)18-5-11-22-8-2-1-3-9-22/h1-4,8-10,16,20H,5-7,11-15,17-19,21H2/t25-/m1/s1. The maximum absolute atomic E-state index is 12.9. The average molecular weight is 392 g/mol. The highest BCUT2D eigenvalue weighted by Gasteiger charge is 2.44. The van der Waals surface area contributed by atoms with Crippen LogP contribution < -0.4 is 0 Å². The SMILES string of the molecule is O=C(CCc1cccnc1)N1CCC[C@@]2(CCCN2CCCc2ccccc2)C1. The third-order valence-corrected chi connectivity index (χ3v) is 6.74. The molecule has 0 N–H and O–H groups in total. The summed E-state index contributed by atoms with van der Waals surface area (Å²) in [6.45, 7) is 4.18. The van der Waals surface area contributed by atoms with Gasteiger partial charge in [-0.3, -0.25) is 14.7 Å². The molecule has 2 fully saturated rings. The fourth-order valence-electron chi connectivity index (χ4n) is 5.20. The Kier molecular flexibility index (Phi) is 6.60. The molecule has 0 radical (unpaired) electrons. The second-order valence-corrected chi connectivity index (χ2v) is 8.68. The van der Waals surface area contributed by atoms with E-state index in [4.69, 9.17) is 0 Å². The number of nitrogens with zero attached hydrogens (tertiary/aromatic N) is 3. The maximum atomic E-state index is 12.9. The summed E-state index contributed by atoms with van der Waals surface area (Å²) in [5.74, 6) is 0.309. The first-order valence-electron chi connectivity index (χ1n) is 11.2. The van der Waals surface area contributed by atoms with Crippen LogP contribution in [0.25, 0.3) is 0 Å². The van der Waals surface area contributed by atoms with E-state index in [1.54, 1.807) is 6.20 Å². The molecule has 0 bridgehead atoms. The number of carbonyl (C=O) groups excluding carboxylic acids is 1. The van der Waals surface area contributed by atoms with Crippen molar-refractivity contribution in [3.05, 3.63) is 66.0 Å². The van der Waals surface area contributed by atoms with Gasteiger partial charge in [-0.15, -0.1) is 0 Å². The number of likely N-dealkylation sites (tertiary alicyclic amines) is 2. The van der Waals surface area contributed by atoms with Gasteiger partial charge in [0.15, 0.2) is 0 Å². The van der Waals surface area contributed by atoms with Crippen molar-refractivity contribution in [3.63, 3.8) is 0 Å². The lowest BCUT2D eigenvalue weighted by Crippen LogP contribution is -2.57.